The molecular formula is C21H25ClFN3O2S. The monoisotopic (exact) mass is 437 g/mol. The molecule has 0 radical (unpaired) electrons. The van der Waals surface area contributed by atoms with Crippen LogP contribution >= 0.6 is 11.6 Å². The number of nitrogens with zero attached hydrogens (tertiary/aromatic N) is 1. The van der Waals surface area contributed by atoms with Crippen LogP contribution in [0.5, 0.6) is 0 Å². The number of hydrogen-bond acceptors (Lipinski definition) is 3. The molecule has 0 atom stereocenters. The Bertz CT molecular complexity index is 1000. The van der Waals surface area contributed by atoms with Crippen LogP contribution in [0.2, 0.25) is 5.02 Å². The largest absolute Gasteiger partial charge is 0.356 e. The highest BCUT2D eigenvalue weighted by Gasteiger charge is 2.44. The van der Waals surface area contributed by atoms with E-state index in [4.69, 9.17) is 11.6 Å². The van der Waals surface area contributed by atoms with Crippen molar-refractivity contribution in [3.63, 3.8) is 0 Å². The fourth-order valence-electron chi connectivity index (χ4n) is 3.36. The number of halogens is 2. The molecule has 0 amide bonds. The van der Waals surface area contributed by atoms with Crippen LogP contribution < -0.4 is 10.6 Å². The van der Waals surface area contributed by atoms with Crippen LogP contribution in [0.25, 0.3) is 0 Å². The molecule has 1 saturated carbocycles. The normalized spacial score (nSPS) is 15.8. The van der Waals surface area contributed by atoms with Gasteiger partial charge in [0.05, 0.1) is 5.75 Å². The van der Waals surface area contributed by atoms with E-state index in [1.807, 2.05) is 12.1 Å². The Morgan fingerprint density at radius 1 is 1.14 bits per heavy atom. The van der Waals surface area contributed by atoms with Gasteiger partial charge in [-0.2, -0.15) is 0 Å². The molecule has 0 unspecified atom stereocenters. The summed E-state index contributed by atoms with van der Waals surface area (Å²) in [5.41, 5.74) is 2.49. The van der Waals surface area contributed by atoms with Crippen molar-refractivity contribution in [1.82, 2.24) is 10.6 Å². The van der Waals surface area contributed by atoms with E-state index in [0.717, 1.165) is 17.9 Å². The SMILES string of the molecule is CN=C(NCc1cc(F)ccc1CS(C)(=O)=O)NCC1(c2ccc(Cl)cc2)CC1. The van der Waals surface area contributed by atoms with Crippen molar-refractivity contribution in [3.8, 4) is 0 Å². The maximum Gasteiger partial charge on any atom is 0.191 e. The Morgan fingerprint density at radius 2 is 1.83 bits per heavy atom. The number of benzene rings is 2. The van der Waals surface area contributed by atoms with Gasteiger partial charge in [-0.1, -0.05) is 29.8 Å². The second-order valence-electron chi connectivity index (χ2n) is 7.55. The topological polar surface area (TPSA) is 70.6 Å². The van der Waals surface area contributed by atoms with Crippen LogP contribution in [-0.4, -0.2) is 34.2 Å². The fraction of sp³-hybridized carbons (Fsp3) is 0.381. The molecule has 1 aliphatic carbocycles. The Balaban J connectivity index is 1.63. The third-order valence-electron chi connectivity index (χ3n) is 5.16. The molecule has 0 heterocycles. The summed E-state index contributed by atoms with van der Waals surface area (Å²) in [5, 5.41) is 7.21. The highest BCUT2D eigenvalue weighted by molar-refractivity contribution is 7.89. The quantitative estimate of drug-likeness (QED) is 0.514. The predicted octanol–water partition coefficient (Wildman–Crippen LogP) is 3.42. The highest BCUT2D eigenvalue weighted by Crippen LogP contribution is 2.47. The number of nitrogens with one attached hydrogen (secondary N) is 2. The number of hydrogen-bond donors (Lipinski definition) is 2. The minimum atomic E-state index is -3.22. The van der Waals surface area contributed by atoms with Crippen LogP contribution in [0, 0.1) is 5.82 Å². The van der Waals surface area contributed by atoms with Crippen LogP contribution in [0.4, 0.5) is 4.39 Å². The summed E-state index contributed by atoms with van der Waals surface area (Å²) in [6.07, 6.45) is 3.34. The van der Waals surface area contributed by atoms with Gasteiger partial charge in [0.2, 0.25) is 0 Å². The van der Waals surface area contributed by atoms with E-state index in [1.165, 1.54) is 30.0 Å². The first-order valence-electron chi connectivity index (χ1n) is 9.36. The zero-order valence-electron chi connectivity index (χ0n) is 16.5. The van der Waals surface area contributed by atoms with E-state index in [0.29, 0.717) is 23.6 Å². The van der Waals surface area contributed by atoms with E-state index in [2.05, 4.69) is 27.8 Å². The fourth-order valence-corrected chi connectivity index (χ4v) is 4.33. The first-order chi connectivity index (χ1) is 13.7. The number of sulfone groups is 1. The summed E-state index contributed by atoms with van der Waals surface area (Å²) < 4.78 is 37.0. The molecule has 2 aromatic rings. The molecule has 1 fully saturated rings. The van der Waals surface area contributed by atoms with E-state index in [-0.39, 0.29) is 17.7 Å². The molecule has 29 heavy (non-hydrogen) atoms. The third kappa shape index (κ3) is 5.93. The number of aliphatic imine (C=N–C) groups is 1. The molecule has 0 bridgehead atoms. The first kappa shape index (κ1) is 21.6. The summed E-state index contributed by atoms with van der Waals surface area (Å²) in [5.74, 6) is 0.0530. The lowest BCUT2D eigenvalue weighted by Gasteiger charge is -2.19. The lowest BCUT2D eigenvalue weighted by atomic mass is 9.96. The standard InChI is InChI=1S/C21H25ClFN3O2S/c1-24-20(26-14-21(9-10-21)17-4-6-18(22)7-5-17)25-12-16-11-19(23)8-3-15(16)13-29(2,27)28/h3-8,11H,9-10,12-14H2,1-2H3,(H2,24,25,26). The second-order valence-corrected chi connectivity index (χ2v) is 10.1. The summed E-state index contributed by atoms with van der Waals surface area (Å²) in [4.78, 5) is 4.23. The van der Waals surface area contributed by atoms with Crippen LogP contribution in [0.1, 0.15) is 29.5 Å². The molecule has 0 aliphatic heterocycles. The van der Waals surface area contributed by atoms with Gasteiger partial charge in [0.1, 0.15) is 5.82 Å². The molecule has 0 spiro atoms. The molecule has 1 aliphatic rings. The van der Waals surface area contributed by atoms with Crippen LogP contribution in [0.15, 0.2) is 47.5 Å². The lowest BCUT2D eigenvalue weighted by Crippen LogP contribution is -2.41. The third-order valence-corrected chi connectivity index (χ3v) is 6.25. The van der Waals surface area contributed by atoms with Crippen molar-refractivity contribution < 1.29 is 12.8 Å². The zero-order chi connectivity index (χ0) is 21.1. The zero-order valence-corrected chi connectivity index (χ0v) is 18.1. The van der Waals surface area contributed by atoms with Gasteiger partial charge >= 0.3 is 0 Å². The Morgan fingerprint density at radius 3 is 2.41 bits per heavy atom. The highest BCUT2D eigenvalue weighted by atomic mass is 35.5. The van der Waals surface area contributed by atoms with Crippen molar-refractivity contribution in [1.29, 1.82) is 0 Å². The van der Waals surface area contributed by atoms with Gasteiger partial charge < -0.3 is 10.6 Å². The summed E-state index contributed by atoms with van der Waals surface area (Å²) >= 11 is 5.99. The minimum Gasteiger partial charge on any atom is -0.356 e. The number of rotatable bonds is 7. The average molecular weight is 438 g/mol. The van der Waals surface area contributed by atoms with Gasteiger partial charge in [0.15, 0.2) is 15.8 Å². The molecule has 156 valence electrons. The van der Waals surface area contributed by atoms with Crippen molar-refractivity contribution in [2.45, 2.75) is 30.6 Å². The molecule has 0 aromatic heterocycles. The molecule has 2 aromatic carbocycles. The van der Waals surface area contributed by atoms with E-state index in [9.17, 15) is 12.8 Å². The van der Waals surface area contributed by atoms with E-state index < -0.39 is 15.7 Å². The van der Waals surface area contributed by atoms with Crippen LogP contribution in [0.3, 0.4) is 0 Å². The lowest BCUT2D eigenvalue weighted by molar-refractivity contribution is 0.599. The second kappa shape index (κ2) is 8.71. The first-order valence-corrected chi connectivity index (χ1v) is 11.8. The van der Waals surface area contributed by atoms with Gasteiger partial charge in [-0.3, -0.25) is 4.99 Å². The van der Waals surface area contributed by atoms with E-state index >= 15 is 0 Å². The Kier molecular flexibility index (Phi) is 6.49. The minimum absolute atomic E-state index is 0.0719. The maximum atomic E-state index is 13.7. The number of guanidine groups is 1. The Hall–Kier alpha value is -2.12. The summed E-state index contributed by atoms with van der Waals surface area (Å²) in [6.45, 7) is 0.990. The molecule has 3 rings (SSSR count). The van der Waals surface area contributed by atoms with Crippen molar-refractivity contribution in [2.24, 2.45) is 4.99 Å². The summed E-state index contributed by atoms with van der Waals surface area (Å²) in [7, 11) is -1.55. The Labute approximate surface area is 176 Å². The van der Waals surface area contributed by atoms with Gasteiger partial charge in [0.25, 0.3) is 0 Å². The predicted molar refractivity (Wildman–Crippen MR) is 116 cm³/mol. The van der Waals surface area contributed by atoms with Crippen molar-refractivity contribution in [2.75, 3.05) is 19.8 Å². The van der Waals surface area contributed by atoms with Crippen molar-refractivity contribution >= 4 is 27.4 Å². The summed E-state index contributed by atoms with van der Waals surface area (Å²) in [6, 6.07) is 12.1. The maximum absolute atomic E-state index is 13.7. The molecular weight excluding hydrogens is 413 g/mol. The van der Waals surface area contributed by atoms with Gasteiger partial charge in [-0.05, 0) is 53.8 Å². The van der Waals surface area contributed by atoms with Gasteiger partial charge in [0, 0.05) is 36.8 Å². The van der Waals surface area contributed by atoms with Crippen LogP contribution in [-0.2, 0) is 27.5 Å². The van der Waals surface area contributed by atoms with E-state index in [1.54, 1.807) is 7.05 Å². The van der Waals surface area contributed by atoms with Gasteiger partial charge in [-0.25, -0.2) is 12.8 Å². The van der Waals surface area contributed by atoms with Crippen molar-refractivity contribution in [3.05, 3.63) is 70.0 Å². The molecule has 2 N–H and O–H groups in total. The van der Waals surface area contributed by atoms with Gasteiger partial charge in [-0.15, -0.1) is 0 Å². The average Bonchev–Trinajstić information content (AvgIpc) is 3.44. The molecule has 0 saturated heterocycles. The molecule has 8 heteroatoms. The molecule has 5 nitrogen and oxygen atoms in total. The smallest absolute Gasteiger partial charge is 0.191 e.